The lowest BCUT2D eigenvalue weighted by Crippen LogP contribution is -2.45. The van der Waals surface area contributed by atoms with Crippen molar-refractivity contribution in [2.75, 3.05) is 0 Å². The summed E-state index contributed by atoms with van der Waals surface area (Å²) in [5, 5.41) is 19.2. The van der Waals surface area contributed by atoms with Crippen molar-refractivity contribution in [3.8, 4) is 0 Å². The number of nitrogens with one attached hydrogen (secondary N) is 1. The van der Waals surface area contributed by atoms with Gasteiger partial charge in [0.15, 0.2) is 0 Å². The lowest BCUT2D eigenvalue weighted by atomic mass is 10.1. The van der Waals surface area contributed by atoms with Crippen LogP contribution < -0.4 is 11.1 Å². The normalized spacial score (nSPS) is 13.9. The zero-order valence-electron chi connectivity index (χ0n) is 8.97. The fraction of sp³-hybridized carbons (Fsp3) is 0.667. The number of rotatable bonds is 7. The largest absolute Gasteiger partial charge is 0.481 e. The SMILES string of the molecule is CC(CC(=O)O)NC(=O)[C@@H](N)CCC(=O)O. The molecule has 1 unspecified atom stereocenters. The third-order valence-corrected chi connectivity index (χ3v) is 1.88. The standard InChI is InChI=1S/C9H16N2O5/c1-5(4-8(14)15)11-9(16)6(10)2-3-7(12)13/h5-6H,2-4,10H2,1H3,(H,11,16)(H,12,13)(H,14,15)/t5?,6-/m0/s1. The van der Waals surface area contributed by atoms with Crippen molar-refractivity contribution in [3.05, 3.63) is 0 Å². The van der Waals surface area contributed by atoms with Crippen LogP contribution in [0.15, 0.2) is 0 Å². The highest BCUT2D eigenvalue weighted by Crippen LogP contribution is 1.97. The highest BCUT2D eigenvalue weighted by atomic mass is 16.4. The second kappa shape index (κ2) is 6.78. The molecule has 7 nitrogen and oxygen atoms in total. The van der Waals surface area contributed by atoms with Gasteiger partial charge in [-0.05, 0) is 13.3 Å². The molecular weight excluding hydrogens is 216 g/mol. The summed E-state index contributed by atoms with van der Waals surface area (Å²) < 4.78 is 0. The molecule has 0 aliphatic carbocycles. The van der Waals surface area contributed by atoms with Crippen molar-refractivity contribution in [3.63, 3.8) is 0 Å². The van der Waals surface area contributed by atoms with E-state index in [1.807, 2.05) is 0 Å². The van der Waals surface area contributed by atoms with Gasteiger partial charge in [-0.1, -0.05) is 0 Å². The minimum Gasteiger partial charge on any atom is -0.481 e. The Hall–Kier alpha value is -1.63. The minimum atomic E-state index is -1.03. The van der Waals surface area contributed by atoms with E-state index < -0.39 is 29.9 Å². The molecule has 0 aliphatic heterocycles. The third-order valence-electron chi connectivity index (χ3n) is 1.88. The summed E-state index contributed by atoms with van der Waals surface area (Å²) in [5.74, 6) is -2.58. The molecular formula is C9H16N2O5. The zero-order valence-corrected chi connectivity index (χ0v) is 8.97. The molecule has 0 aliphatic rings. The maximum Gasteiger partial charge on any atom is 0.305 e. The molecule has 0 bridgehead atoms. The molecule has 0 radical (unpaired) electrons. The van der Waals surface area contributed by atoms with Crippen LogP contribution in [0.5, 0.6) is 0 Å². The zero-order chi connectivity index (χ0) is 12.7. The molecule has 0 rings (SSSR count). The lowest BCUT2D eigenvalue weighted by molar-refractivity contribution is -0.138. The van der Waals surface area contributed by atoms with Crippen LogP contribution >= 0.6 is 0 Å². The van der Waals surface area contributed by atoms with Gasteiger partial charge in [0.25, 0.3) is 0 Å². The molecule has 0 saturated carbocycles. The van der Waals surface area contributed by atoms with Crippen LogP contribution in [-0.2, 0) is 14.4 Å². The smallest absolute Gasteiger partial charge is 0.305 e. The highest BCUT2D eigenvalue weighted by molar-refractivity contribution is 5.82. The molecule has 1 amide bonds. The van der Waals surface area contributed by atoms with Gasteiger partial charge in [-0.15, -0.1) is 0 Å². The van der Waals surface area contributed by atoms with E-state index in [1.54, 1.807) is 0 Å². The van der Waals surface area contributed by atoms with Crippen LogP contribution in [0.1, 0.15) is 26.2 Å². The maximum absolute atomic E-state index is 11.3. The van der Waals surface area contributed by atoms with E-state index in [4.69, 9.17) is 15.9 Å². The quantitative estimate of drug-likeness (QED) is 0.452. The van der Waals surface area contributed by atoms with Crippen molar-refractivity contribution in [2.24, 2.45) is 5.73 Å². The molecule has 2 atom stereocenters. The van der Waals surface area contributed by atoms with E-state index in [1.165, 1.54) is 6.92 Å². The molecule has 5 N–H and O–H groups in total. The Balaban J connectivity index is 3.95. The van der Waals surface area contributed by atoms with Gasteiger partial charge >= 0.3 is 11.9 Å². The summed E-state index contributed by atoms with van der Waals surface area (Å²) in [4.78, 5) is 31.9. The van der Waals surface area contributed by atoms with Crippen LogP contribution in [0.4, 0.5) is 0 Å². The molecule has 0 spiro atoms. The first-order valence-corrected chi connectivity index (χ1v) is 4.82. The summed E-state index contributed by atoms with van der Waals surface area (Å²) in [6.07, 6.45) is -0.361. The molecule has 7 heteroatoms. The van der Waals surface area contributed by atoms with Crippen LogP contribution in [0.2, 0.25) is 0 Å². The van der Waals surface area contributed by atoms with Gasteiger partial charge in [0, 0.05) is 12.5 Å². The number of amides is 1. The van der Waals surface area contributed by atoms with E-state index in [-0.39, 0.29) is 19.3 Å². The summed E-state index contributed by atoms with van der Waals surface area (Å²) in [7, 11) is 0. The molecule has 0 aromatic rings. The van der Waals surface area contributed by atoms with E-state index in [0.717, 1.165) is 0 Å². The molecule has 0 heterocycles. The van der Waals surface area contributed by atoms with Gasteiger partial charge in [0.05, 0.1) is 12.5 Å². The van der Waals surface area contributed by atoms with Gasteiger partial charge in [-0.25, -0.2) is 0 Å². The number of hydrogen-bond donors (Lipinski definition) is 4. The van der Waals surface area contributed by atoms with Crippen molar-refractivity contribution >= 4 is 17.8 Å². The van der Waals surface area contributed by atoms with Gasteiger partial charge in [-0.3, -0.25) is 14.4 Å². The molecule has 16 heavy (non-hydrogen) atoms. The first-order chi connectivity index (χ1) is 7.32. The predicted molar refractivity (Wildman–Crippen MR) is 54.7 cm³/mol. The Kier molecular flexibility index (Phi) is 6.09. The van der Waals surface area contributed by atoms with E-state index in [0.29, 0.717) is 0 Å². The molecule has 92 valence electrons. The van der Waals surface area contributed by atoms with Crippen LogP contribution in [-0.4, -0.2) is 40.1 Å². The fourth-order valence-corrected chi connectivity index (χ4v) is 1.07. The monoisotopic (exact) mass is 232 g/mol. The number of carbonyl (C=O) groups is 3. The Labute approximate surface area is 92.6 Å². The van der Waals surface area contributed by atoms with Gasteiger partial charge in [-0.2, -0.15) is 0 Å². The topological polar surface area (TPSA) is 130 Å². The van der Waals surface area contributed by atoms with E-state index in [9.17, 15) is 14.4 Å². The summed E-state index contributed by atoms with van der Waals surface area (Å²) in [5.41, 5.74) is 5.42. The van der Waals surface area contributed by atoms with Gasteiger partial charge in [0.1, 0.15) is 0 Å². The third kappa shape index (κ3) is 6.77. The second-order valence-electron chi connectivity index (χ2n) is 3.55. The fourth-order valence-electron chi connectivity index (χ4n) is 1.07. The number of carboxylic acids is 2. The molecule has 0 fully saturated rings. The van der Waals surface area contributed by atoms with Crippen molar-refractivity contribution in [1.82, 2.24) is 5.32 Å². The number of nitrogens with two attached hydrogens (primary N) is 1. The molecule has 0 aromatic carbocycles. The Morgan fingerprint density at radius 3 is 2.25 bits per heavy atom. The summed E-state index contributed by atoms with van der Waals surface area (Å²) in [6, 6.07) is -1.45. The number of carboxylic acid groups (broad SMARTS) is 2. The second-order valence-corrected chi connectivity index (χ2v) is 3.55. The maximum atomic E-state index is 11.3. The van der Waals surface area contributed by atoms with Crippen molar-refractivity contribution in [1.29, 1.82) is 0 Å². The van der Waals surface area contributed by atoms with Crippen molar-refractivity contribution in [2.45, 2.75) is 38.3 Å². The Morgan fingerprint density at radius 2 is 1.81 bits per heavy atom. The Morgan fingerprint density at radius 1 is 1.25 bits per heavy atom. The summed E-state index contributed by atoms with van der Waals surface area (Å²) >= 11 is 0. The van der Waals surface area contributed by atoms with E-state index in [2.05, 4.69) is 5.32 Å². The first kappa shape index (κ1) is 14.4. The molecule has 0 saturated heterocycles. The van der Waals surface area contributed by atoms with Gasteiger partial charge in [0.2, 0.25) is 5.91 Å². The Bertz CT molecular complexity index is 279. The van der Waals surface area contributed by atoms with Crippen LogP contribution in [0.3, 0.4) is 0 Å². The van der Waals surface area contributed by atoms with Crippen molar-refractivity contribution < 1.29 is 24.6 Å². The number of hydrogen-bond acceptors (Lipinski definition) is 4. The summed E-state index contributed by atoms with van der Waals surface area (Å²) in [6.45, 7) is 1.54. The van der Waals surface area contributed by atoms with Gasteiger partial charge < -0.3 is 21.3 Å². The molecule has 0 aromatic heterocycles. The van der Waals surface area contributed by atoms with Crippen LogP contribution in [0, 0.1) is 0 Å². The number of aliphatic carboxylic acids is 2. The predicted octanol–water partition coefficient (Wildman–Crippen LogP) is -0.842. The average molecular weight is 232 g/mol. The van der Waals surface area contributed by atoms with Crippen LogP contribution in [0.25, 0.3) is 0 Å². The highest BCUT2D eigenvalue weighted by Gasteiger charge is 2.17. The minimum absolute atomic E-state index is 0.0287. The average Bonchev–Trinajstić information content (AvgIpc) is 2.12. The first-order valence-electron chi connectivity index (χ1n) is 4.82. The van der Waals surface area contributed by atoms with E-state index >= 15 is 0 Å². The number of carbonyl (C=O) groups excluding carboxylic acids is 1. The lowest BCUT2D eigenvalue weighted by Gasteiger charge is -2.15.